The van der Waals surface area contributed by atoms with Crippen LogP contribution in [0.5, 0.6) is 11.5 Å². The second kappa shape index (κ2) is 11.4. The molecule has 4 N–H and O–H groups in total. The van der Waals surface area contributed by atoms with E-state index in [0.29, 0.717) is 42.5 Å². The average molecular weight is 559 g/mol. The number of guanidine groups is 1. The largest absolute Gasteiger partial charge is 0.454 e. The molecule has 0 radical (unpaired) electrons. The Balaban J connectivity index is 0.00000306. The zero-order valence-electron chi connectivity index (χ0n) is 18.2. The van der Waals surface area contributed by atoms with Crippen LogP contribution in [-0.2, 0) is 13.0 Å². The van der Waals surface area contributed by atoms with Crippen LogP contribution in [0.2, 0.25) is 0 Å². The molecule has 0 saturated heterocycles. The maximum Gasteiger partial charge on any atom is 0.231 e. The molecule has 10 heteroatoms. The van der Waals surface area contributed by atoms with Gasteiger partial charge in [-0.3, -0.25) is 4.99 Å². The van der Waals surface area contributed by atoms with Crippen molar-refractivity contribution in [2.75, 3.05) is 26.1 Å². The molecular weight excluding hydrogens is 533 g/mol. The van der Waals surface area contributed by atoms with Gasteiger partial charge in [-0.25, -0.2) is 4.68 Å². The highest BCUT2D eigenvalue weighted by Crippen LogP contribution is 2.32. The van der Waals surface area contributed by atoms with Crippen LogP contribution >= 0.6 is 24.0 Å². The highest BCUT2D eigenvalue weighted by molar-refractivity contribution is 14.0. The third-order valence-corrected chi connectivity index (χ3v) is 5.11. The lowest BCUT2D eigenvalue weighted by Gasteiger charge is -2.12. The summed E-state index contributed by atoms with van der Waals surface area (Å²) in [6.07, 6.45) is 1.39. The molecule has 4 rings (SSSR count). The molecule has 1 aromatic heterocycles. The fourth-order valence-electron chi connectivity index (χ4n) is 3.46. The van der Waals surface area contributed by atoms with Crippen molar-refractivity contribution < 1.29 is 9.47 Å². The molecule has 2 aromatic carbocycles. The van der Waals surface area contributed by atoms with E-state index in [4.69, 9.17) is 15.2 Å². The fourth-order valence-corrected chi connectivity index (χ4v) is 3.46. The minimum Gasteiger partial charge on any atom is -0.454 e. The topological polar surface area (TPSA) is 123 Å². The Morgan fingerprint density at radius 3 is 2.73 bits per heavy atom. The first-order valence-electron chi connectivity index (χ1n) is 10.4. The number of nitriles is 1. The smallest absolute Gasteiger partial charge is 0.231 e. The van der Waals surface area contributed by atoms with Gasteiger partial charge in [0.2, 0.25) is 6.79 Å². The number of aromatic nitrogens is 2. The number of aliphatic imine (C=N–C) groups is 1. The van der Waals surface area contributed by atoms with E-state index < -0.39 is 0 Å². The summed E-state index contributed by atoms with van der Waals surface area (Å²) >= 11 is 0. The third kappa shape index (κ3) is 5.67. The third-order valence-electron chi connectivity index (χ3n) is 5.11. The molecule has 172 valence electrons. The molecule has 0 amide bonds. The standard InChI is InChI=1S/C23H25N7O2.HI/c1-26-23(28-14-16-9-10-20-21(12-16)32-15-31-20)27-11-5-8-19-18(13-24)22(25)30(29-19)17-6-3-2-4-7-17;/h2-4,6-7,9-10,12H,5,8,11,14-15,25H2,1H3,(H2,26,27,28);1H. The van der Waals surface area contributed by atoms with E-state index in [2.05, 4.69) is 26.8 Å². The van der Waals surface area contributed by atoms with Crippen molar-refractivity contribution in [3.63, 3.8) is 0 Å². The number of aryl methyl sites for hydroxylation is 1. The minimum absolute atomic E-state index is 0. The Morgan fingerprint density at radius 2 is 1.97 bits per heavy atom. The fraction of sp³-hybridized carbons (Fsp3) is 0.261. The molecule has 0 spiro atoms. The number of nitrogens with two attached hydrogens (primary N) is 1. The molecule has 1 aliphatic rings. The van der Waals surface area contributed by atoms with E-state index in [1.54, 1.807) is 11.7 Å². The number of hydrogen-bond acceptors (Lipinski definition) is 6. The van der Waals surface area contributed by atoms with E-state index in [1.165, 1.54) is 0 Å². The number of nitrogens with one attached hydrogen (secondary N) is 2. The van der Waals surface area contributed by atoms with E-state index in [0.717, 1.165) is 29.2 Å². The molecule has 9 nitrogen and oxygen atoms in total. The quantitative estimate of drug-likeness (QED) is 0.176. The van der Waals surface area contributed by atoms with Crippen LogP contribution in [0.4, 0.5) is 5.82 Å². The van der Waals surface area contributed by atoms with Crippen LogP contribution in [-0.4, -0.2) is 36.1 Å². The Bertz CT molecular complexity index is 1160. The molecule has 3 aromatic rings. The lowest BCUT2D eigenvalue weighted by molar-refractivity contribution is 0.174. The average Bonchev–Trinajstić information content (AvgIpc) is 3.42. The number of nitrogen functional groups attached to an aromatic ring is 1. The maximum atomic E-state index is 9.53. The number of fused-ring (bicyclic) bond motifs is 1. The van der Waals surface area contributed by atoms with Gasteiger partial charge in [0.05, 0.1) is 11.4 Å². The first kappa shape index (κ1) is 24.2. The van der Waals surface area contributed by atoms with Crippen molar-refractivity contribution in [1.29, 1.82) is 5.26 Å². The first-order valence-corrected chi connectivity index (χ1v) is 10.4. The lowest BCUT2D eigenvalue weighted by Crippen LogP contribution is -2.37. The number of para-hydroxylation sites is 1. The Morgan fingerprint density at radius 1 is 1.18 bits per heavy atom. The van der Waals surface area contributed by atoms with Crippen LogP contribution in [0.1, 0.15) is 23.2 Å². The summed E-state index contributed by atoms with van der Waals surface area (Å²) in [5.74, 6) is 2.58. The predicted molar refractivity (Wildman–Crippen MR) is 137 cm³/mol. The normalized spacial score (nSPS) is 12.1. The Labute approximate surface area is 209 Å². The minimum atomic E-state index is 0. The van der Waals surface area contributed by atoms with Crippen molar-refractivity contribution in [2.24, 2.45) is 4.99 Å². The Kier molecular flexibility index (Phi) is 8.37. The van der Waals surface area contributed by atoms with E-state index in [1.807, 2.05) is 48.5 Å². The van der Waals surface area contributed by atoms with Crippen molar-refractivity contribution in [3.8, 4) is 23.3 Å². The molecule has 0 aliphatic carbocycles. The number of benzene rings is 2. The molecule has 1 aliphatic heterocycles. The summed E-state index contributed by atoms with van der Waals surface area (Å²) in [5, 5.41) is 20.7. The van der Waals surface area contributed by atoms with Crippen molar-refractivity contribution in [2.45, 2.75) is 19.4 Å². The number of rotatable bonds is 7. The molecule has 33 heavy (non-hydrogen) atoms. The molecule has 2 heterocycles. The number of halogens is 1. The zero-order valence-corrected chi connectivity index (χ0v) is 20.6. The van der Waals surface area contributed by atoms with E-state index in [-0.39, 0.29) is 30.8 Å². The molecule has 0 unspecified atom stereocenters. The van der Waals surface area contributed by atoms with Gasteiger partial charge in [-0.2, -0.15) is 10.4 Å². The summed E-state index contributed by atoms with van der Waals surface area (Å²) in [4.78, 5) is 4.26. The van der Waals surface area contributed by atoms with Crippen LogP contribution in [0.3, 0.4) is 0 Å². The first-order chi connectivity index (χ1) is 15.7. The second-order valence-electron chi connectivity index (χ2n) is 7.21. The second-order valence-corrected chi connectivity index (χ2v) is 7.21. The van der Waals surface area contributed by atoms with Crippen molar-refractivity contribution in [1.82, 2.24) is 20.4 Å². The summed E-state index contributed by atoms with van der Waals surface area (Å²) in [6, 6.07) is 17.6. The SMILES string of the molecule is CN=C(NCCCc1nn(-c2ccccc2)c(N)c1C#N)NCc1ccc2c(c1)OCO2.I. The van der Waals surface area contributed by atoms with Crippen molar-refractivity contribution in [3.05, 3.63) is 65.4 Å². The molecule has 0 bridgehead atoms. The molecule has 0 saturated carbocycles. The number of anilines is 1. The van der Waals surface area contributed by atoms with Gasteiger partial charge < -0.3 is 25.8 Å². The molecule has 0 atom stereocenters. The van der Waals surface area contributed by atoms with Gasteiger partial charge in [-0.05, 0) is 42.7 Å². The van der Waals surface area contributed by atoms with Gasteiger partial charge in [-0.1, -0.05) is 24.3 Å². The van der Waals surface area contributed by atoms with Crippen LogP contribution < -0.4 is 25.8 Å². The predicted octanol–water partition coefficient (Wildman–Crippen LogP) is 2.97. The highest BCUT2D eigenvalue weighted by atomic mass is 127. The van der Waals surface area contributed by atoms with Gasteiger partial charge in [-0.15, -0.1) is 24.0 Å². The van der Waals surface area contributed by atoms with Gasteiger partial charge >= 0.3 is 0 Å². The number of nitrogens with zero attached hydrogens (tertiary/aromatic N) is 4. The Hall–Kier alpha value is -3.46. The van der Waals surface area contributed by atoms with Crippen LogP contribution in [0, 0.1) is 11.3 Å². The maximum absolute atomic E-state index is 9.53. The number of hydrogen-bond donors (Lipinski definition) is 3. The van der Waals surface area contributed by atoms with E-state index in [9.17, 15) is 5.26 Å². The number of ether oxygens (including phenoxy) is 2. The summed E-state index contributed by atoms with van der Waals surface area (Å²) in [7, 11) is 1.73. The van der Waals surface area contributed by atoms with Crippen LogP contribution in [0.25, 0.3) is 5.69 Å². The van der Waals surface area contributed by atoms with E-state index >= 15 is 0 Å². The van der Waals surface area contributed by atoms with Crippen LogP contribution in [0.15, 0.2) is 53.5 Å². The van der Waals surface area contributed by atoms with Gasteiger partial charge in [0.15, 0.2) is 17.5 Å². The zero-order chi connectivity index (χ0) is 22.3. The molecule has 0 fully saturated rings. The van der Waals surface area contributed by atoms with Gasteiger partial charge in [0.1, 0.15) is 17.5 Å². The summed E-state index contributed by atoms with van der Waals surface area (Å²) in [5.41, 5.74) is 9.19. The highest BCUT2D eigenvalue weighted by Gasteiger charge is 2.16. The van der Waals surface area contributed by atoms with Gasteiger partial charge in [0, 0.05) is 20.1 Å². The summed E-state index contributed by atoms with van der Waals surface area (Å²) < 4.78 is 12.4. The molecular formula is C23H26IN7O2. The lowest BCUT2D eigenvalue weighted by atomic mass is 10.1. The monoisotopic (exact) mass is 559 g/mol. The van der Waals surface area contributed by atoms with Crippen molar-refractivity contribution >= 4 is 35.8 Å². The summed E-state index contributed by atoms with van der Waals surface area (Å²) in [6.45, 7) is 1.54. The van der Waals surface area contributed by atoms with Gasteiger partial charge in [0.25, 0.3) is 0 Å².